The monoisotopic (exact) mass is 685 g/mol. The third kappa shape index (κ3) is 8.73. The Hall–Kier alpha value is -3.53. The minimum atomic E-state index is -4.14. The number of aromatic hydroxyl groups is 1. The molecule has 1 amide bonds. The van der Waals surface area contributed by atoms with Gasteiger partial charge in [-0.1, -0.05) is 44.2 Å². The Morgan fingerprint density at radius 2 is 1.94 bits per heavy atom. The highest BCUT2D eigenvalue weighted by Crippen LogP contribution is 2.33. The number of aliphatic imine (C=N–C) groups is 1. The summed E-state index contributed by atoms with van der Waals surface area (Å²) in [6.45, 7) is 5.62. The Kier molecular flexibility index (Phi) is 11.8. The van der Waals surface area contributed by atoms with Gasteiger partial charge < -0.3 is 39.6 Å². The molecule has 2 fully saturated rings. The summed E-state index contributed by atoms with van der Waals surface area (Å²) >= 11 is 0. The Bertz CT molecular complexity index is 1660. The van der Waals surface area contributed by atoms with E-state index in [4.69, 9.17) is 14.2 Å². The zero-order chi connectivity index (χ0) is 34.4. The second kappa shape index (κ2) is 15.8. The van der Waals surface area contributed by atoms with E-state index in [1.807, 2.05) is 63.2 Å². The number of aliphatic hydroxyl groups is 1. The minimum Gasteiger partial charge on any atom is -0.494 e. The first-order valence-electron chi connectivity index (χ1n) is 16.3. The fraction of sp³-hybridized carbons (Fsp3) is 0.529. The molecule has 14 heteroatoms. The lowest BCUT2D eigenvalue weighted by atomic mass is 10.0. The van der Waals surface area contributed by atoms with Crippen molar-refractivity contribution in [3.63, 3.8) is 0 Å². The van der Waals surface area contributed by atoms with E-state index in [1.165, 1.54) is 16.4 Å². The summed E-state index contributed by atoms with van der Waals surface area (Å²) in [6.07, 6.45) is -0.353. The number of carbonyl (C=O) groups is 1. The molecule has 262 valence electrons. The lowest BCUT2D eigenvalue weighted by Crippen LogP contribution is -2.51. The predicted octanol–water partition coefficient (Wildman–Crippen LogP) is 2.96. The van der Waals surface area contributed by atoms with Crippen molar-refractivity contribution in [3.8, 4) is 5.88 Å². The van der Waals surface area contributed by atoms with Gasteiger partial charge in [0.1, 0.15) is 6.10 Å². The number of hydrogen-bond donors (Lipinski definition) is 4. The van der Waals surface area contributed by atoms with Gasteiger partial charge in [-0.15, -0.1) is 0 Å². The van der Waals surface area contributed by atoms with E-state index in [0.717, 1.165) is 12.0 Å². The van der Waals surface area contributed by atoms with Gasteiger partial charge in [0.25, 0.3) is 0 Å². The summed E-state index contributed by atoms with van der Waals surface area (Å²) in [5, 5.41) is 25.5. The number of nitrogens with one attached hydrogen (secondary N) is 2. The molecule has 0 unspecified atom stereocenters. The first kappa shape index (κ1) is 35.8. The number of aromatic amines is 1. The largest absolute Gasteiger partial charge is 0.494 e. The van der Waals surface area contributed by atoms with Crippen LogP contribution in [0.1, 0.15) is 31.4 Å². The van der Waals surface area contributed by atoms with Crippen LogP contribution in [0.2, 0.25) is 0 Å². The third-order valence-electron chi connectivity index (χ3n) is 8.59. The molecule has 5 atom stereocenters. The number of sulfonamides is 1. The van der Waals surface area contributed by atoms with Crippen molar-refractivity contribution in [1.82, 2.24) is 19.5 Å². The molecule has 13 nitrogen and oxygen atoms in total. The molecule has 0 bridgehead atoms. The Balaban J connectivity index is 1.37. The molecule has 2 aliphatic heterocycles. The number of likely N-dealkylation sites (N-methyl/N-ethyl adjacent to an activating group) is 1. The van der Waals surface area contributed by atoms with Gasteiger partial charge in [-0.2, -0.15) is 4.31 Å². The molecule has 0 radical (unpaired) electrons. The van der Waals surface area contributed by atoms with Gasteiger partial charge in [0.05, 0.1) is 48.3 Å². The predicted molar refractivity (Wildman–Crippen MR) is 182 cm³/mol. The average Bonchev–Trinajstić information content (AvgIpc) is 3.74. The van der Waals surface area contributed by atoms with Crippen LogP contribution < -0.4 is 5.32 Å². The number of hydrogen-bond acceptors (Lipinski definition) is 10. The molecule has 2 saturated heterocycles. The molecular weight excluding hydrogens is 638 g/mol. The lowest BCUT2D eigenvalue weighted by molar-refractivity contribution is -0.0907. The van der Waals surface area contributed by atoms with E-state index < -0.39 is 34.4 Å². The molecule has 2 aromatic carbocycles. The van der Waals surface area contributed by atoms with Crippen molar-refractivity contribution < 1.29 is 37.6 Å². The normalized spacial score (nSPS) is 21.0. The molecule has 3 heterocycles. The van der Waals surface area contributed by atoms with Gasteiger partial charge in [0.15, 0.2) is 12.2 Å². The zero-order valence-electron chi connectivity index (χ0n) is 27.9. The smallest absolute Gasteiger partial charge is 0.407 e. The molecule has 5 rings (SSSR count). The molecule has 0 aliphatic carbocycles. The van der Waals surface area contributed by atoms with Crippen molar-refractivity contribution >= 4 is 33.2 Å². The van der Waals surface area contributed by atoms with Crippen LogP contribution in [0.3, 0.4) is 0 Å². The molecule has 1 aromatic heterocycles. The van der Waals surface area contributed by atoms with E-state index >= 15 is 0 Å². The number of carbonyl (C=O) groups excluding carboxylic acids is 1. The minimum absolute atomic E-state index is 0.00587. The highest BCUT2D eigenvalue weighted by atomic mass is 32.2. The highest BCUT2D eigenvalue weighted by molar-refractivity contribution is 7.89. The zero-order valence-corrected chi connectivity index (χ0v) is 28.7. The van der Waals surface area contributed by atoms with Crippen molar-refractivity contribution in [3.05, 3.63) is 59.7 Å². The number of nitrogens with zero attached hydrogens (tertiary/aromatic N) is 3. The van der Waals surface area contributed by atoms with E-state index in [1.54, 1.807) is 12.3 Å². The van der Waals surface area contributed by atoms with Gasteiger partial charge in [-0.05, 0) is 56.6 Å². The SMILES string of the molecule is CC(C)CN(C[C@@H](O)[C@H](Cc1ccccc1)NC(=O)O[C@H]1CO[C@H]2OCC[C@H]21)S(=O)(=O)c1ccc2[nH]c(O)c(C=NCCN(C)C)c2c1. The van der Waals surface area contributed by atoms with Gasteiger partial charge in [-0.3, -0.25) is 4.99 Å². The standard InChI is InChI=1S/C34H47N5O8S/c1-22(2)19-39(48(43,44)24-10-11-28-26(17-24)27(32(41)36-28)18-35-13-14-38(3)4)20-30(40)29(16-23-8-6-5-7-9-23)37-34(42)47-31-21-46-33-25(31)12-15-45-33/h5-11,17-18,22,25,29-31,33,36,40-41H,12-16,19-21H2,1-4H3,(H,37,42)/t25-,29-,30+,31-,33+/m0/s1. The Morgan fingerprint density at radius 3 is 2.67 bits per heavy atom. The number of aromatic nitrogens is 1. The van der Waals surface area contributed by atoms with E-state index in [-0.39, 0.29) is 55.0 Å². The van der Waals surface area contributed by atoms with Crippen LogP contribution in [-0.4, -0.2) is 123 Å². The van der Waals surface area contributed by atoms with Gasteiger partial charge in [0.2, 0.25) is 10.0 Å². The molecule has 2 aliphatic rings. The number of amides is 1. The highest BCUT2D eigenvalue weighted by Gasteiger charge is 2.44. The van der Waals surface area contributed by atoms with Crippen LogP contribution in [0.5, 0.6) is 5.88 Å². The summed E-state index contributed by atoms with van der Waals surface area (Å²) in [6, 6.07) is 13.1. The molecular formula is C34H47N5O8S. The number of H-pyrrole nitrogens is 1. The first-order chi connectivity index (χ1) is 22.9. The summed E-state index contributed by atoms with van der Waals surface area (Å²) < 4.78 is 46.5. The molecule has 0 saturated carbocycles. The number of alkyl carbamates (subject to hydrolysis) is 1. The van der Waals surface area contributed by atoms with E-state index in [2.05, 4.69) is 15.3 Å². The Morgan fingerprint density at radius 1 is 1.17 bits per heavy atom. The van der Waals surface area contributed by atoms with Gasteiger partial charge >= 0.3 is 6.09 Å². The van der Waals surface area contributed by atoms with Crippen molar-refractivity contribution in [2.24, 2.45) is 16.8 Å². The van der Waals surface area contributed by atoms with Crippen LogP contribution in [-0.2, 0) is 30.7 Å². The van der Waals surface area contributed by atoms with Crippen molar-refractivity contribution in [1.29, 1.82) is 0 Å². The van der Waals surface area contributed by atoms with Crippen LogP contribution in [0.15, 0.2) is 58.4 Å². The van der Waals surface area contributed by atoms with Crippen LogP contribution >= 0.6 is 0 Å². The first-order valence-corrected chi connectivity index (χ1v) is 17.8. The molecule has 0 spiro atoms. The van der Waals surface area contributed by atoms with Crippen LogP contribution in [0, 0.1) is 11.8 Å². The van der Waals surface area contributed by atoms with Crippen LogP contribution in [0.4, 0.5) is 4.79 Å². The fourth-order valence-electron chi connectivity index (χ4n) is 6.07. The van der Waals surface area contributed by atoms with Gasteiger partial charge in [-0.25, -0.2) is 13.2 Å². The summed E-state index contributed by atoms with van der Waals surface area (Å²) in [5.74, 6) is -0.227. The number of ether oxygens (including phenoxy) is 3. The second-order valence-corrected chi connectivity index (χ2v) is 15.1. The number of aliphatic hydroxyl groups excluding tert-OH is 1. The maximum absolute atomic E-state index is 14.2. The molecule has 4 N–H and O–H groups in total. The topological polar surface area (TPSA) is 166 Å². The molecule has 48 heavy (non-hydrogen) atoms. The maximum atomic E-state index is 14.2. The maximum Gasteiger partial charge on any atom is 0.407 e. The van der Waals surface area contributed by atoms with Crippen molar-refractivity contribution in [2.45, 2.75) is 56.1 Å². The van der Waals surface area contributed by atoms with E-state index in [0.29, 0.717) is 36.2 Å². The average molecular weight is 686 g/mol. The number of fused-ring (bicyclic) bond motifs is 2. The lowest BCUT2D eigenvalue weighted by Gasteiger charge is -2.31. The van der Waals surface area contributed by atoms with Gasteiger partial charge in [0, 0.05) is 36.8 Å². The summed E-state index contributed by atoms with van der Waals surface area (Å²) in [7, 11) is -0.263. The number of benzene rings is 2. The number of rotatable bonds is 15. The Labute approximate surface area is 281 Å². The third-order valence-corrected chi connectivity index (χ3v) is 10.4. The second-order valence-electron chi connectivity index (χ2n) is 13.1. The summed E-state index contributed by atoms with van der Waals surface area (Å²) in [5.41, 5.74) is 1.81. The quantitative estimate of drug-likeness (QED) is 0.176. The van der Waals surface area contributed by atoms with Crippen LogP contribution in [0.25, 0.3) is 10.9 Å². The van der Waals surface area contributed by atoms with Crippen molar-refractivity contribution in [2.75, 3.05) is 53.5 Å². The summed E-state index contributed by atoms with van der Waals surface area (Å²) in [4.78, 5) is 22.4. The fourth-order valence-corrected chi connectivity index (χ4v) is 7.72. The molecule has 3 aromatic rings. The van der Waals surface area contributed by atoms with E-state index in [9.17, 15) is 23.4 Å².